The second-order valence-electron chi connectivity index (χ2n) is 4.76. The first-order chi connectivity index (χ1) is 8.11. The molecule has 2 unspecified atom stereocenters. The summed E-state index contributed by atoms with van der Waals surface area (Å²) in [4.78, 5) is 18.0. The standard InChI is InChI=1S/C11H19N5O/c1-7-3-4-16(6-9(7)5-12)11(17)10-13-8(2)14-15-10/h7,9H,3-6,12H2,1-2H3,(H,13,14,15). The van der Waals surface area contributed by atoms with Crippen LogP contribution in [-0.2, 0) is 0 Å². The van der Waals surface area contributed by atoms with Crippen LogP contribution in [-0.4, -0.2) is 45.6 Å². The van der Waals surface area contributed by atoms with Gasteiger partial charge in [-0.15, -0.1) is 5.10 Å². The molecular weight excluding hydrogens is 218 g/mol. The number of H-pyrrole nitrogens is 1. The van der Waals surface area contributed by atoms with E-state index in [1.54, 1.807) is 11.8 Å². The van der Waals surface area contributed by atoms with Gasteiger partial charge < -0.3 is 10.6 Å². The number of hydrogen-bond acceptors (Lipinski definition) is 4. The van der Waals surface area contributed by atoms with E-state index in [-0.39, 0.29) is 11.7 Å². The molecule has 3 N–H and O–H groups in total. The molecule has 6 nitrogen and oxygen atoms in total. The summed E-state index contributed by atoms with van der Waals surface area (Å²) in [6, 6.07) is 0. The Balaban J connectivity index is 2.05. The van der Waals surface area contributed by atoms with Crippen LogP contribution in [0.3, 0.4) is 0 Å². The minimum Gasteiger partial charge on any atom is -0.336 e. The van der Waals surface area contributed by atoms with Crippen LogP contribution in [0, 0.1) is 18.8 Å². The number of carbonyl (C=O) groups is 1. The minimum atomic E-state index is -0.0975. The smallest absolute Gasteiger partial charge is 0.293 e. The maximum atomic E-state index is 12.1. The molecule has 0 aromatic carbocycles. The van der Waals surface area contributed by atoms with Crippen molar-refractivity contribution >= 4 is 5.91 Å². The van der Waals surface area contributed by atoms with Gasteiger partial charge in [-0.3, -0.25) is 9.89 Å². The number of amides is 1. The van der Waals surface area contributed by atoms with E-state index in [0.717, 1.165) is 13.0 Å². The van der Waals surface area contributed by atoms with Gasteiger partial charge in [0.05, 0.1) is 0 Å². The number of aryl methyl sites for hydroxylation is 1. The predicted octanol–water partition coefficient (Wildman–Crippen LogP) is 0.170. The Morgan fingerprint density at radius 1 is 1.65 bits per heavy atom. The first-order valence-electron chi connectivity index (χ1n) is 6.00. The van der Waals surface area contributed by atoms with E-state index in [2.05, 4.69) is 22.1 Å². The van der Waals surface area contributed by atoms with Crippen LogP contribution in [0.15, 0.2) is 0 Å². The van der Waals surface area contributed by atoms with Gasteiger partial charge in [0.15, 0.2) is 0 Å². The lowest BCUT2D eigenvalue weighted by Gasteiger charge is -2.35. The Kier molecular flexibility index (Phi) is 3.42. The van der Waals surface area contributed by atoms with Crippen molar-refractivity contribution in [3.05, 3.63) is 11.6 Å². The van der Waals surface area contributed by atoms with Gasteiger partial charge in [-0.1, -0.05) is 6.92 Å². The summed E-state index contributed by atoms with van der Waals surface area (Å²) in [5.41, 5.74) is 5.72. The Morgan fingerprint density at radius 2 is 2.41 bits per heavy atom. The van der Waals surface area contributed by atoms with E-state index >= 15 is 0 Å². The summed E-state index contributed by atoms with van der Waals surface area (Å²) in [6.07, 6.45) is 0.997. The largest absolute Gasteiger partial charge is 0.336 e. The highest BCUT2D eigenvalue weighted by Crippen LogP contribution is 2.22. The van der Waals surface area contributed by atoms with Gasteiger partial charge in [0.2, 0.25) is 5.82 Å². The third-order valence-corrected chi connectivity index (χ3v) is 3.49. The van der Waals surface area contributed by atoms with Crippen molar-refractivity contribution in [3.63, 3.8) is 0 Å². The molecule has 1 fully saturated rings. The van der Waals surface area contributed by atoms with Gasteiger partial charge in [-0.2, -0.15) is 0 Å². The SMILES string of the molecule is Cc1nc(C(=O)N2CCC(C)C(CN)C2)n[nH]1. The molecule has 2 atom stereocenters. The average molecular weight is 237 g/mol. The Labute approximate surface area is 101 Å². The zero-order valence-corrected chi connectivity index (χ0v) is 10.3. The van der Waals surface area contributed by atoms with Gasteiger partial charge in [-0.05, 0) is 31.7 Å². The van der Waals surface area contributed by atoms with Gasteiger partial charge in [0.25, 0.3) is 5.91 Å². The molecule has 0 saturated carbocycles. The predicted molar refractivity (Wildman–Crippen MR) is 63.3 cm³/mol. The van der Waals surface area contributed by atoms with E-state index in [9.17, 15) is 4.79 Å². The molecule has 0 radical (unpaired) electrons. The van der Waals surface area contributed by atoms with Crippen molar-refractivity contribution < 1.29 is 4.79 Å². The molecule has 0 aliphatic carbocycles. The number of hydrogen-bond donors (Lipinski definition) is 2. The fourth-order valence-corrected chi connectivity index (χ4v) is 2.22. The molecule has 94 valence electrons. The number of nitrogens with one attached hydrogen (secondary N) is 1. The second-order valence-corrected chi connectivity index (χ2v) is 4.76. The first kappa shape index (κ1) is 12.0. The zero-order valence-electron chi connectivity index (χ0n) is 10.3. The molecule has 0 spiro atoms. The van der Waals surface area contributed by atoms with Crippen molar-refractivity contribution in [1.82, 2.24) is 20.1 Å². The van der Waals surface area contributed by atoms with Crippen molar-refractivity contribution in [3.8, 4) is 0 Å². The van der Waals surface area contributed by atoms with Crippen LogP contribution >= 0.6 is 0 Å². The van der Waals surface area contributed by atoms with Gasteiger partial charge in [-0.25, -0.2) is 4.98 Å². The number of likely N-dealkylation sites (tertiary alicyclic amines) is 1. The molecule has 0 bridgehead atoms. The molecule has 1 saturated heterocycles. The molecule has 17 heavy (non-hydrogen) atoms. The first-order valence-corrected chi connectivity index (χ1v) is 6.00. The number of nitrogens with zero attached hydrogens (tertiary/aromatic N) is 3. The molecule has 1 aliphatic rings. The number of piperidine rings is 1. The van der Waals surface area contributed by atoms with E-state index < -0.39 is 0 Å². The number of aromatic nitrogens is 3. The van der Waals surface area contributed by atoms with Gasteiger partial charge >= 0.3 is 0 Å². The third-order valence-electron chi connectivity index (χ3n) is 3.49. The summed E-state index contributed by atoms with van der Waals surface area (Å²) in [7, 11) is 0. The van der Waals surface area contributed by atoms with E-state index in [1.165, 1.54) is 0 Å². The van der Waals surface area contributed by atoms with Crippen LogP contribution in [0.4, 0.5) is 0 Å². The molecule has 6 heteroatoms. The van der Waals surface area contributed by atoms with Crippen LogP contribution in [0.5, 0.6) is 0 Å². The van der Waals surface area contributed by atoms with Crippen LogP contribution in [0.2, 0.25) is 0 Å². The Hall–Kier alpha value is -1.43. The molecular formula is C11H19N5O. The van der Waals surface area contributed by atoms with Gasteiger partial charge in [0.1, 0.15) is 5.82 Å². The van der Waals surface area contributed by atoms with E-state index in [0.29, 0.717) is 30.7 Å². The van der Waals surface area contributed by atoms with Crippen LogP contribution in [0.1, 0.15) is 29.8 Å². The van der Waals surface area contributed by atoms with E-state index in [4.69, 9.17) is 5.73 Å². The van der Waals surface area contributed by atoms with E-state index in [1.807, 2.05) is 0 Å². The maximum Gasteiger partial charge on any atom is 0.293 e. The fourth-order valence-electron chi connectivity index (χ4n) is 2.22. The average Bonchev–Trinajstić information content (AvgIpc) is 2.75. The lowest BCUT2D eigenvalue weighted by Crippen LogP contribution is -2.45. The highest BCUT2D eigenvalue weighted by Gasteiger charge is 2.29. The highest BCUT2D eigenvalue weighted by atomic mass is 16.2. The molecule has 1 aromatic rings. The lowest BCUT2D eigenvalue weighted by molar-refractivity contribution is 0.0606. The van der Waals surface area contributed by atoms with Crippen molar-refractivity contribution in [2.24, 2.45) is 17.6 Å². The number of carbonyl (C=O) groups excluding carboxylic acids is 1. The summed E-state index contributed by atoms with van der Waals surface area (Å²) >= 11 is 0. The van der Waals surface area contributed by atoms with Crippen molar-refractivity contribution in [2.45, 2.75) is 20.3 Å². The lowest BCUT2D eigenvalue weighted by atomic mass is 9.87. The molecule has 2 heterocycles. The number of aromatic amines is 1. The fraction of sp³-hybridized carbons (Fsp3) is 0.727. The summed E-state index contributed by atoms with van der Waals surface area (Å²) in [5.74, 6) is 1.78. The topological polar surface area (TPSA) is 87.9 Å². The molecule has 2 rings (SSSR count). The summed E-state index contributed by atoms with van der Waals surface area (Å²) < 4.78 is 0. The Bertz CT molecular complexity index is 402. The molecule has 1 aromatic heterocycles. The van der Waals surface area contributed by atoms with Crippen LogP contribution < -0.4 is 5.73 Å². The number of rotatable bonds is 2. The summed E-state index contributed by atoms with van der Waals surface area (Å²) in [6.45, 7) is 6.08. The van der Waals surface area contributed by atoms with Crippen LogP contribution in [0.25, 0.3) is 0 Å². The Morgan fingerprint density at radius 3 is 3.00 bits per heavy atom. The van der Waals surface area contributed by atoms with Crippen molar-refractivity contribution in [1.29, 1.82) is 0 Å². The third kappa shape index (κ3) is 2.46. The monoisotopic (exact) mass is 237 g/mol. The minimum absolute atomic E-state index is 0.0975. The molecule has 1 aliphatic heterocycles. The summed E-state index contributed by atoms with van der Waals surface area (Å²) in [5, 5.41) is 6.59. The normalized spacial score (nSPS) is 25.0. The van der Waals surface area contributed by atoms with Crippen molar-refractivity contribution in [2.75, 3.05) is 19.6 Å². The second kappa shape index (κ2) is 4.83. The zero-order chi connectivity index (χ0) is 12.4. The molecule has 1 amide bonds. The number of nitrogens with two attached hydrogens (primary N) is 1. The quantitative estimate of drug-likeness (QED) is 0.767. The highest BCUT2D eigenvalue weighted by molar-refractivity contribution is 5.90. The maximum absolute atomic E-state index is 12.1. The van der Waals surface area contributed by atoms with Gasteiger partial charge in [0, 0.05) is 13.1 Å².